The van der Waals surface area contributed by atoms with Gasteiger partial charge in [-0.2, -0.15) is 0 Å². The van der Waals surface area contributed by atoms with Crippen LogP contribution in [0.3, 0.4) is 0 Å². The summed E-state index contributed by atoms with van der Waals surface area (Å²) in [6.07, 6.45) is 2.08. The van der Waals surface area contributed by atoms with Gasteiger partial charge in [0.2, 0.25) is 11.8 Å². The number of carbonyl (C=O) groups is 4. The summed E-state index contributed by atoms with van der Waals surface area (Å²) in [7, 11) is 0. The minimum Gasteiger partial charge on any atom is -0.461 e. The van der Waals surface area contributed by atoms with E-state index in [1.54, 1.807) is 0 Å². The van der Waals surface area contributed by atoms with Crippen molar-refractivity contribution >= 4 is 35.1 Å². The minimum absolute atomic E-state index is 0.0167. The van der Waals surface area contributed by atoms with E-state index >= 15 is 4.39 Å². The summed E-state index contributed by atoms with van der Waals surface area (Å²) in [5.74, 6) is -2.58. The number of ether oxygens (including phenoxy) is 1. The number of halogens is 1. The Bertz CT molecular complexity index is 1230. The van der Waals surface area contributed by atoms with E-state index in [-0.39, 0.29) is 47.4 Å². The van der Waals surface area contributed by atoms with Gasteiger partial charge in [-0.25, -0.2) is 4.39 Å². The molecule has 0 unspecified atom stereocenters. The SMILES string of the molecule is C[C@@H]1C[C@@H]([C@@H](CNC(=O)c2cc(N3CCCC3=O)cc(N3CCCC3=O)c2F)c2ccccc2)OC1=O. The van der Waals surface area contributed by atoms with Crippen LogP contribution in [0.15, 0.2) is 42.5 Å². The zero-order chi connectivity index (χ0) is 26.1. The first-order valence-corrected chi connectivity index (χ1v) is 12.8. The molecule has 2 aromatic carbocycles. The van der Waals surface area contributed by atoms with Gasteiger partial charge in [-0.1, -0.05) is 37.3 Å². The van der Waals surface area contributed by atoms with Crippen molar-refractivity contribution in [2.24, 2.45) is 5.92 Å². The number of hydrogen-bond donors (Lipinski definition) is 1. The molecule has 3 aliphatic heterocycles. The van der Waals surface area contributed by atoms with Crippen LogP contribution >= 0.6 is 0 Å². The lowest BCUT2D eigenvalue weighted by Crippen LogP contribution is -2.35. The van der Waals surface area contributed by atoms with Crippen molar-refractivity contribution in [3.63, 3.8) is 0 Å². The summed E-state index contributed by atoms with van der Waals surface area (Å²) < 4.78 is 21.3. The zero-order valence-electron chi connectivity index (χ0n) is 20.7. The normalized spacial score (nSPS) is 22.5. The number of nitrogens with one attached hydrogen (secondary N) is 1. The van der Waals surface area contributed by atoms with Gasteiger partial charge in [-0.05, 0) is 37.0 Å². The Kier molecular flexibility index (Phi) is 6.95. The molecule has 0 bridgehead atoms. The van der Waals surface area contributed by atoms with E-state index in [1.807, 2.05) is 37.3 Å². The van der Waals surface area contributed by atoms with Crippen LogP contribution in [-0.2, 0) is 19.1 Å². The summed E-state index contributed by atoms with van der Waals surface area (Å²) in [6.45, 7) is 2.76. The van der Waals surface area contributed by atoms with Crippen LogP contribution in [-0.4, -0.2) is 49.4 Å². The summed E-state index contributed by atoms with van der Waals surface area (Å²) >= 11 is 0. The predicted octanol–water partition coefficient (Wildman–Crippen LogP) is 3.54. The van der Waals surface area contributed by atoms with E-state index in [1.165, 1.54) is 21.9 Å². The number of nitrogens with zero attached hydrogens (tertiary/aromatic N) is 2. The van der Waals surface area contributed by atoms with E-state index in [2.05, 4.69) is 5.32 Å². The van der Waals surface area contributed by atoms with Crippen molar-refractivity contribution in [3.8, 4) is 0 Å². The van der Waals surface area contributed by atoms with Crippen molar-refractivity contribution in [2.75, 3.05) is 29.4 Å². The highest BCUT2D eigenvalue weighted by atomic mass is 19.1. The zero-order valence-corrected chi connectivity index (χ0v) is 20.7. The monoisotopic (exact) mass is 507 g/mol. The minimum atomic E-state index is -0.791. The van der Waals surface area contributed by atoms with Gasteiger partial charge in [0.1, 0.15) is 6.10 Å². The van der Waals surface area contributed by atoms with Crippen LogP contribution in [0.5, 0.6) is 0 Å². The maximum Gasteiger partial charge on any atom is 0.309 e. The van der Waals surface area contributed by atoms with Gasteiger partial charge in [0.25, 0.3) is 5.91 Å². The van der Waals surface area contributed by atoms with Gasteiger partial charge < -0.3 is 19.9 Å². The Morgan fingerprint density at radius 1 is 1.05 bits per heavy atom. The van der Waals surface area contributed by atoms with Crippen LogP contribution in [0.25, 0.3) is 0 Å². The number of carbonyl (C=O) groups excluding carboxylic acids is 4. The van der Waals surface area contributed by atoms with E-state index < -0.39 is 17.8 Å². The van der Waals surface area contributed by atoms with Gasteiger partial charge in [-0.15, -0.1) is 0 Å². The molecule has 3 amide bonds. The maximum absolute atomic E-state index is 15.7. The summed E-state index contributed by atoms with van der Waals surface area (Å²) in [5.41, 5.74) is 1.09. The Labute approximate surface area is 214 Å². The number of amides is 3. The average molecular weight is 508 g/mol. The first kappa shape index (κ1) is 24.9. The third kappa shape index (κ3) is 4.95. The molecule has 0 aromatic heterocycles. The summed E-state index contributed by atoms with van der Waals surface area (Å²) in [6, 6.07) is 12.3. The lowest BCUT2D eigenvalue weighted by atomic mass is 9.89. The molecule has 0 spiro atoms. The average Bonchev–Trinajstić information content (AvgIpc) is 3.60. The molecule has 1 N–H and O–H groups in total. The van der Waals surface area contributed by atoms with Crippen LogP contribution in [0.4, 0.5) is 15.8 Å². The fourth-order valence-electron chi connectivity index (χ4n) is 5.40. The van der Waals surface area contributed by atoms with Crippen molar-refractivity contribution < 1.29 is 28.3 Å². The number of benzene rings is 2. The van der Waals surface area contributed by atoms with Gasteiger partial charge in [0.15, 0.2) is 5.82 Å². The Balaban J connectivity index is 1.44. The van der Waals surface area contributed by atoms with Gasteiger partial charge in [-0.3, -0.25) is 19.2 Å². The highest BCUT2D eigenvalue weighted by Crippen LogP contribution is 2.35. The third-order valence-electron chi connectivity index (χ3n) is 7.45. The molecule has 3 aliphatic rings. The van der Waals surface area contributed by atoms with Crippen LogP contribution in [0, 0.1) is 11.7 Å². The first-order valence-electron chi connectivity index (χ1n) is 12.8. The largest absolute Gasteiger partial charge is 0.461 e. The van der Waals surface area contributed by atoms with Crippen molar-refractivity contribution in [1.82, 2.24) is 5.32 Å². The molecule has 194 valence electrons. The lowest BCUT2D eigenvalue weighted by molar-refractivity contribution is -0.144. The van der Waals surface area contributed by atoms with E-state index in [9.17, 15) is 19.2 Å². The van der Waals surface area contributed by atoms with Gasteiger partial charge in [0.05, 0.1) is 17.2 Å². The summed E-state index contributed by atoms with van der Waals surface area (Å²) in [5, 5.41) is 2.83. The molecule has 9 heteroatoms. The van der Waals surface area contributed by atoms with Crippen molar-refractivity contribution in [3.05, 3.63) is 59.4 Å². The molecular weight excluding hydrogens is 477 g/mol. The Morgan fingerprint density at radius 3 is 2.32 bits per heavy atom. The molecule has 0 saturated carbocycles. The highest BCUT2D eigenvalue weighted by Gasteiger charge is 2.37. The summed E-state index contributed by atoms with van der Waals surface area (Å²) in [4.78, 5) is 53.2. The van der Waals surface area contributed by atoms with Crippen molar-refractivity contribution in [2.45, 2.75) is 51.0 Å². The first-order chi connectivity index (χ1) is 17.8. The maximum atomic E-state index is 15.7. The van der Waals surface area contributed by atoms with E-state index in [0.717, 1.165) is 5.56 Å². The standard InChI is InChI=1S/C28H30FN3O5/c1-17-13-23(37-28(17)36)21(18-7-3-2-4-8-18)16-30-27(35)20-14-19(31-11-5-9-24(31)33)15-22(26(20)29)32-12-6-10-25(32)34/h2-4,7-8,14-15,17,21,23H,5-6,9-13,16H2,1H3,(H,30,35)/t17-,21+,23+/m1/s1. The fourth-order valence-corrected chi connectivity index (χ4v) is 5.40. The second kappa shape index (κ2) is 10.3. The number of cyclic esters (lactones) is 1. The van der Waals surface area contributed by atoms with Crippen LogP contribution in [0.2, 0.25) is 0 Å². The molecule has 3 saturated heterocycles. The molecule has 3 heterocycles. The second-order valence-electron chi connectivity index (χ2n) is 9.96. The smallest absolute Gasteiger partial charge is 0.309 e. The fraction of sp³-hybridized carbons (Fsp3) is 0.429. The number of esters is 1. The molecule has 0 radical (unpaired) electrons. The lowest BCUT2D eigenvalue weighted by Gasteiger charge is -2.25. The van der Waals surface area contributed by atoms with E-state index in [0.29, 0.717) is 50.9 Å². The predicted molar refractivity (Wildman–Crippen MR) is 135 cm³/mol. The molecule has 3 fully saturated rings. The Morgan fingerprint density at radius 2 is 1.73 bits per heavy atom. The number of anilines is 2. The van der Waals surface area contributed by atoms with Gasteiger partial charge in [0, 0.05) is 44.1 Å². The third-order valence-corrected chi connectivity index (χ3v) is 7.45. The molecule has 2 aromatic rings. The molecular formula is C28H30FN3O5. The highest BCUT2D eigenvalue weighted by molar-refractivity contribution is 6.03. The topological polar surface area (TPSA) is 96.0 Å². The van der Waals surface area contributed by atoms with Crippen LogP contribution in [0.1, 0.15) is 60.9 Å². The number of hydrogen-bond acceptors (Lipinski definition) is 5. The van der Waals surface area contributed by atoms with Crippen molar-refractivity contribution in [1.29, 1.82) is 0 Å². The van der Waals surface area contributed by atoms with Gasteiger partial charge >= 0.3 is 5.97 Å². The molecule has 37 heavy (non-hydrogen) atoms. The molecule has 0 aliphatic carbocycles. The van der Waals surface area contributed by atoms with Crippen LogP contribution < -0.4 is 15.1 Å². The Hall–Kier alpha value is -3.75. The molecule has 5 rings (SSSR count). The van der Waals surface area contributed by atoms with E-state index in [4.69, 9.17) is 4.74 Å². The second-order valence-corrected chi connectivity index (χ2v) is 9.96. The quantitative estimate of drug-likeness (QED) is 0.579. The number of rotatable bonds is 7. The molecule has 8 nitrogen and oxygen atoms in total. The molecule has 3 atom stereocenters.